The molecule has 3 aromatic rings. The summed E-state index contributed by atoms with van der Waals surface area (Å²) in [4.78, 5) is 12.2. The number of benzene rings is 1. The molecular formula is C20H16ClF4N7O2. The highest BCUT2D eigenvalue weighted by atomic mass is 35.5. The number of hydrogen-bond acceptors (Lipinski definition) is 7. The largest absolute Gasteiger partial charge is 0.423 e. The topological polar surface area (TPSA) is 120 Å². The van der Waals surface area contributed by atoms with Crippen LogP contribution in [-0.2, 0) is 11.5 Å². The first-order chi connectivity index (χ1) is 16.1. The van der Waals surface area contributed by atoms with Crippen LogP contribution in [0.3, 0.4) is 0 Å². The molecule has 0 radical (unpaired) electrons. The van der Waals surface area contributed by atoms with Gasteiger partial charge in [-0.3, -0.25) is 4.98 Å². The van der Waals surface area contributed by atoms with Crippen LogP contribution < -0.4 is 4.74 Å². The fourth-order valence-corrected chi connectivity index (χ4v) is 3.09. The molecule has 3 rings (SSSR count). The Hall–Kier alpha value is -3.71. The molecule has 0 spiro atoms. The van der Waals surface area contributed by atoms with Gasteiger partial charge < -0.3 is 14.7 Å². The molecule has 0 saturated carbocycles. The molecule has 2 heterocycles. The van der Waals surface area contributed by atoms with Crippen molar-refractivity contribution in [2.24, 2.45) is 10.3 Å². The number of ether oxygens (including phenoxy) is 1. The Balaban J connectivity index is 1.99. The number of nitrogens with one attached hydrogen (secondary N) is 1. The van der Waals surface area contributed by atoms with Crippen LogP contribution in [0, 0.1) is 17.2 Å². The first-order valence-electron chi connectivity index (χ1n) is 9.34. The van der Waals surface area contributed by atoms with E-state index < -0.39 is 41.0 Å². The fraction of sp³-hybridized carbons (Fsp3) is 0.200. The van der Waals surface area contributed by atoms with Crippen LogP contribution in [0.25, 0.3) is 0 Å². The minimum Gasteiger partial charge on any atom is -0.423 e. The van der Waals surface area contributed by atoms with Crippen LogP contribution in [-0.4, -0.2) is 44.9 Å². The van der Waals surface area contributed by atoms with Crippen LogP contribution in [0.5, 0.6) is 11.8 Å². The highest BCUT2D eigenvalue weighted by Crippen LogP contribution is 2.46. The first kappa shape index (κ1) is 24.9. The second kappa shape index (κ2) is 10.1. The number of pyridine rings is 1. The normalized spacial score (nSPS) is 13.5. The molecule has 1 aromatic carbocycles. The van der Waals surface area contributed by atoms with Gasteiger partial charge in [-0.2, -0.15) is 14.3 Å². The molecule has 14 heteroatoms. The van der Waals surface area contributed by atoms with Gasteiger partial charge in [-0.05, 0) is 24.3 Å². The van der Waals surface area contributed by atoms with Crippen molar-refractivity contribution in [2.75, 3.05) is 13.6 Å². The molecule has 34 heavy (non-hydrogen) atoms. The highest BCUT2D eigenvalue weighted by molar-refractivity contribution is 6.30. The summed E-state index contributed by atoms with van der Waals surface area (Å²) in [5.74, 6) is -6.60. The predicted molar refractivity (Wildman–Crippen MR) is 112 cm³/mol. The maximum atomic E-state index is 15.7. The quantitative estimate of drug-likeness (QED) is 0.148. The van der Waals surface area contributed by atoms with E-state index in [-0.39, 0.29) is 16.8 Å². The Morgan fingerprint density at radius 1 is 1.15 bits per heavy atom. The summed E-state index contributed by atoms with van der Waals surface area (Å²) in [7, 11) is 1.24. The van der Waals surface area contributed by atoms with E-state index in [0.29, 0.717) is 12.1 Å². The number of nitrogens with zero attached hydrogens (tertiary/aromatic N) is 6. The molecule has 2 N–H and O–H groups in total. The van der Waals surface area contributed by atoms with Crippen molar-refractivity contribution in [3.63, 3.8) is 0 Å². The summed E-state index contributed by atoms with van der Waals surface area (Å²) in [6, 6.07) is 3.71. The standard InChI is InChI=1S/C20H16ClF4N7O2/c1-32(11-30-31-26)10-19(33,15-4-2-13(22)6-16(15)23)20(24,25)17-5-3-14(9-27-17)34-18-28-7-12(21)8-29-18/h2-9,11,26,33H,10H2,1H3/b30-11-,31-26?. The number of hydrogen-bond donors (Lipinski definition) is 2. The Morgan fingerprint density at radius 2 is 1.85 bits per heavy atom. The van der Waals surface area contributed by atoms with E-state index in [1.807, 2.05) is 0 Å². The van der Waals surface area contributed by atoms with Crippen molar-refractivity contribution < 1.29 is 27.4 Å². The molecule has 0 aliphatic heterocycles. The molecule has 0 saturated heterocycles. The van der Waals surface area contributed by atoms with Gasteiger partial charge in [0.15, 0.2) is 5.60 Å². The number of alkyl halides is 2. The lowest BCUT2D eigenvalue weighted by molar-refractivity contribution is -0.202. The molecule has 0 aliphatic carbocycles. The minimum atomic E-state index is -4.19. The average Bonchev–Trinajstić information content (AvgIpc) is 2.79. The van der Waals surface area contributed by atoms with Gasteiger partial charge >= 0.3 is 11.9 Å². The second-order valence-corrected chi connectivity index (χ2v) is 7.41. The van der Waals surface area contributed by atoms with E-state index in [9.17, 15) is 13.9 Å². The SMILES string of the molecule is CN(/C=N\N=N)CC(O)(c1ccc(F)cc1F)C(F)(F)c1ccc(Oc2ncc(Cl)cn2)cn1. The van der Waals surface area contributed by atoms with Gasteiger partial charge in [-0.15, -0.1) is 5.10 Å². The molecule has 9 nitrogen and oxygen atoms in total. The average molecular weight is 498 g/mol. The maximum absolute atomic E-state index is 15.7. The number of halogens is 5. The molecule has 2 aromatic heterocycles. The van der Waals surface area contributed by atoms with Gasteiger partial charge in [-0.1, -0.05) is 16.8 Å². The zero-order valence-electron chi connectivity index (χ0n) is 17.3. The van der Waals surface area contributed by atoms with Crippen molar-refractivity contribution in [3.8, 4) is 11.8 Å². The third-order valence-electron chi connectivity index (χ3n) is 4.54. The molecule has 178 valence electrons. The summed E-state index contributed by atoms with van der Waals surface area (Å²) >= 11 is 5.69. The summed E-state index contributed by atoms with van der Waals surface area (Å²) in [5, 5.41) is 17.3. The van der Waals surface area contributed by atoms with Gasteiger partial charge in [0.05, 0.1) is 30.2 Å². The van der Waals surface area contributed by atoms with Gasteiger partial charge in [-0.25, -0.2) is 18.7 Å². The number of aliphatic hydroxyl groups is 1. The zero-order chi connectivity index (χ0) is 24.9. The smallest absolute Gasteiger partial charge is 0.323 e. The summed E-state index contributed by atoms with van der Waals surface area (Å²) < 4.78 is 64.6. The highest BCUT2D eigenvalue weighted by Gasteiger charge is 2.57. The van der Waals surface area contributed by atoms with E-state index >= 15 is 8.78 Å². The minimum absolute atomic E-state index is 0.000293. The first-order valence-corrected chi connectivity index (χ1v) is 9.72. The molecule has 0 fully saturated rings. The number of likely N-dealkylation sites (N-methyl/N-ethyl adjacent to an activating group) is 1. The van der Waals surface area contributed by atoms with Gasteiger partial charge in [0.2, 0.25) is 0 Å². The van der Waals surface area contributed by atoms with E-state index in [1.54, 1.807) is 0 Å². The molecule has 0 bridgehead atoms. The van der Waals surface area contributed by atoms with E-state index in [1.165, 1.54) is 19.4 Å². The Labute approximate surface area is 195 Å². The van der Waals surface area contributed by atoms with E-state index in [2.05, 4.69) is 25.3 Å². The molecule has 1 atom stereocenters. The van der Waals surface area contributed by atoms with Crippen molar-refractivity contribution >= 4 is 17.9 Å². The Kier molecular flexibility index (Phi) is 7.37. The van der Waals surface area contributed by atoms with Crippen LogP contribution >= 0.6 is 11.6 Å². The Morgan fingerprint density at radius 3 is 2.44 bits per heavy atom. The predicted octanol–water partition coefficient (Wildman–Crippen LogP) is 4.48. The van der Waals surface area contributed by atoms with E-state index in [4.69, 9.17) is 21.9 Å². The summed E-state index contributed by atoms with van der Waals surface area (Å²) in [6.07, 6.45) is 4.36. The third-order valence-corrected chi connectivity index (χ3v) is 4.74. The molecule has 0 aliphatic rings. The Bertz CT molecular complexity index is 1180. The maximum Gasteiger partial charge on any atom is 0.323 e. The summed E-state index contributed by atoms with van der Waals surface area (Å²) in [5.41, 5.74) is 1.63. The van der Waals surface area contributed by atoms with Crippen LogP contribution in [0.15, 0.2) is 59.2 Å². The lowest BCUT2D eigenvalue weighted by Crippen LogP contribution is -2.51. The molecular weight excluding hydrogens is 482 g/mol. The van der Waals surface area contributed by atoms with Crippen molar-refractivity contribution in [3.05, 3.63) is 76.8 Å². The van der Waals surface area contributed by atoms with Gasteiger partial charge in [0.1, 0.15) is 29.4 Å². The summed E-state index contributed by atoms with van der Waals surface area (Å²) in [6.45, 7) is -0.917. The lowest BCUT2D eigenvalue weighted by Gasteiger charge is -2.38. The third kappa shape index (κ3) is 5.26. The van der Waals surface area contributed by atoms with Crippen molar-refractivity contribution in [2.45, 2.75) is 11.5 Å². The molecule has 0 amide bonds. The number of rotatable bonds is 9. The van der Waals surface area contributed by atoms with E-state index in [0.717, 1.165) is 35.6 Å². The number of aromatic nitrogens is 3. The van der Waals surface area contributed by atoms with Crippen LogP contribution in [0.4, 0.5) is 17.6 Å². The molecule has 1 unspecified atom stereocenters. The lowest BCUT2D eigenvalue weighted by atomic mass is 9.84. The van der Waals surface area contributed by atoms with Crippen molar-refractivity contribution in [1.29, 1.82) is 5.53 Å². The van der Waals surface area contributed by atoms with Gasteiger partial charge in [0, 0.05) is 18.7 Å². The van der Waals surface area contributed by atoms with Crippen LogP contribution in [0.2, 0.25) is 5.02 Å². The zero-order valence-corrected chi connectivity index (χ0v) is 18.1. The van der Waals surface area contributed by atoms with Crippen LogP contribution in [0.1, 0.15) is 11.3 Å². The van der Waals surface area contributed by atoms with Crippen molar-refractivity contribution in [1.82, 2.24) is 19.9 Å². The fourth-order valence-electron chi connectivity index (χ4n) is 2.99. The monoisotopic (exact) mass is 497 g/mol. The second-order valence-electron chi connectivity index (χ2n) is 6.97. The van der Waals surface area contributed by atoms with Gasteiger partial charge in [0.25, 0.3) is 0 Å².